The quantitative estimate of drug-likeness (QED) is 0.599. The largest absolute Gasteiger partial charge is 0.337 e. The van der Waals surface area contributed by atoms with E-state index in [2.05, 4.69) is 38.3 Å². The second-order valence-corrected chi connectivity index (χ2v) is 11.3. The first-order chi connectivity index (χ1) is 15.9. The van der Waals surface area contributed by atoms with Crippen LogP contribution in [0.5, 0.6) is 0 Å². The summed E-state index contributed by atoms with van der Waals surface area (Å²) in [5, 5.41) is 5.69. The Bertz CT molecular complexity index is 819. The molecule has 1 aromatic rings. The molecule has 2 N–H and O–H groups in total. The van der Waals surface area contributed by atoms with Gasteiger partial charge in [-0.3, -0.25) is 9.59 Å². The van der Waals surface area contributed by atoms with Gasteiger partial charge in [-0.2, -0.15) is 0 Å². The fourth-order valence-corrected chi connectivity index (χ4v) is 4.74. The van der Waals surface area contributed by atoms with Crippen molar-refractivity contribution in [2.75, 3.05) is 19.6 Å². The van der Waals surface area contributed by atoms with Crippen LogP contribution >= 0.6 is 0 Å². The molecule has 7 nitrogen and oxygen atoms in total. The van der Waals surface area contributed by atoms with Crippen molar-refractivity contribution in [2.45, 2.75) is 79.9 Å². The van der Waals surface area contributed by atoms with Gasteiger partial charge in [-0.25, -0.2) is 4.79 Å². The number of amides is 4. The monoisotopic (exact) mass is 472 g/mol. The highest BCUT2D eigenvalue weighted by molar-refractivity contribution is 5.87. The minimum atomic E-state index is -0.614. The Labute approximate surface area is 205 Å². The summed E-state index contributed by atoms with van der Waals surface area (Å²) >= 11 is 0. The molecule has 0 radical (unpaired) electrons. The molecule has 0 aliphatic carbocycles. The number of urea groups is 1. The third-order valence-corrected chi connectivity index (χ3v) is 6.26. The van der Waals surface area contributed by atoms with Crippen LogP contribution in [0.4, 0.5) is 4.79 Å². The van der Waals surface area contributed by atoms with Crippen molar-refractivity contribution in [1.82, 2.24) is 20.4 Å². The van der Waals surface area contributed by atoms with E-state index in [-0.39, 0.29) is 35.2 Å². The van der Waals surface area contributed by atoms with Crippen LogP contribution in [0.2, 0.25) is 0 Å². The molecule has 2 rings (SSSR count). The number of hydrogen-bond donors (Lipinski definition) is 2. The van der Waals surface area contributed by atoms with E-state index >= 15 is 0 Å². The molecule has 0 saturated carbocycles. The molecular formula is C27H44N4O3. The van der Waals surface area contributed by atoms with E-state index in [0.717, 1.165) is 12.0 Å². The highest BCUT2D eigenvalue weighted by atomic mass is 16.2. The summed E-state index contributed by atoms with van der Waals surface area (Å²) in [6, 6.07) is 8.64. The summed E-state index contributed by atoms with van der Waals surface area (Å²) < 4.78 is 0. The molecule has 1 aliphatic rings. The Kier molecular flexibility index (Phi) is 9.95. The first-order valence-corrected chi connectivity index (χ1v) is 12.5. The number of rotatable bonds is 8. The highest BCUT2D eigenvalue weighted by Crippen LogP contribution is 2.27. The number of carbonyl (C=O) groups is 3. The zero-order valence-electron chi connectivity index (χ0n) is 22.1. The molecular weight excluding hydrogens is 428 g/mol. The topological polar surface area (TPSA) is 81.8 Å². The van der Waals surface area contributed by atoms with Crippen molar-refractivity contribution in [1.29, 1.82) is 0 Å². The molecule has 1 heterocycles. The molecule has 1 aromatic carbocycles. The first kappa shape index (κ1) is 27.7. The van der Waals surface area contributed by atoms with Crippen molar-refractivity contribution >= 4 is 17.8 Å². The van der Waals surface area contributed by atoms with Crippen LogP contribution in [0.3, 0.4) is 0 Å². The van der Waals surface area contributed by atoms with Gasteiger partial charge in [-0.05, 0) is 36.2 Å². The van der Waals surface area contributed by atoms with Crippen LogP contribution in [0, 0.1) is 17.3 Å². The van der Waals surface area contributed by atoms with Crippen LogP contribution < -0.4 is 10.6 Å². The Morgan fingerprint density at radius 2 is 1.71 bits per heavy atom. The van der Waals surface area contributed by atoms with Gasteiger partial charge in [0.15, 0.2) is 0 Å². The van der Waals surface area contributed by atoms with Gasteiger partial charge >= 0.3 is 6.03 Å². The average Bonchev–Trinajstić information content (AvgIpc) is 2.74. The molecule has 4 amide bonds. The van der Waals surface area contributed by atoms with Gasteiger partial charge in [0.25, 0.3) is 0 Å². The summed E-state index contributed by atoms with van der Waals surface area (Å²) in [4.78, 5) is 42.4. The first-order valence-electron chi connectivity index (χ1n) is 12.5. The van der Waals surface area contributed by atoms with E-state index in [4.69, 9.17) is 0 Å². The third-order valence-electron chi connectivity index (χ3n) is 6.26. The minimum Gasteiger partial charge on any atom is -0.337 e. The van der Waals surface area contributed by atoms with E-state index in [0.29, 0.717) is 38.5 Å². The van der Waals surface area contributed by atoms with Crippen LogP contribution in [-0.2, 0) is 16.1 Å². The summed E-state index contributed by atoms with van der Waals surface area (Å²) in [7, 11) is 0. The fraction of sp³-hybridized carbons (Fsp3) is 0.667. The van der Waals surface area contributed by atoms with Gasteiger partial charge in [0, 0.05) is 38.6 Å². The van der Waals surface area contributed by atoms with Crippen LogP contribution in [0.15, 0.2) is 30.3 Å². The molecule has 1 fully saturated rings. The predicted molar refractivity (Wildman–Crippen MR) is 136 cm³/mol. The second-order valence-electron chi connectivity index (χ2n) is 11.3. The lowest BCUT2D eigenvalue weighted by atomic mass is 9.84. The Morgan fingerprint density at radius 1 is 1.06 bits per heavy atom. The summed E-state index contributed by atoms with van der Waals surface area (Å²) in [6.07, 6.45) is 1.53. The molecule has 3 unspecified atom stereocenters. The van der Waals surface area contributed by atoms with Crippen molar-refractivity contribution in [2.24, 2.45) is 17.3 Å². The van der Waals surface area contributed by atoms with Crippen LogP contribution in [0.25, 0.3) is 0 Å². The van der Waals surface area contributed by atoms with Gasteiger partial charge in [-0.1, -0.05) is 71.9 Å². The number of benzene rings is 1. The minimum absolute atomic E-state index is 0.0493. The number of hydrogen-bond acceptors (Lipinski definition) is 3. The van der Waals surface area contributed by atoms with E-state index in [1.54, 1.807) is 4.90 Å². The van der Waals surface area contributed by atoms with Gasteiger partial charge in [0.05, 0.1) is 0 Å². The van der Waals surface area contributed by atoms with Crippen molar-refractivity contribution in [3.63, 3.8) is 0 Å². The fourth-order valence-electron chi connectivity index (χ4n) is 4.74. The van der Waals surface area contributed by atoms with Gasteiger partial charge < -0.3 is 20.4 Å². The third kappa shape index (κ3) is 8.65. The van der Waals surface area contributed by atoms with Crippen LogP contribution in [-0.4, -0.2) is 59.4 Å². The molecule has 0 bridgehead atoms. The average molecular weight is 473 g/mol. The molecule has 34 heavy (non-hydrogen) atoms. The maximum atomic E-state index is 13.3. The Morgan fingerprint density at radius 3 is 2.26 bits per heavy atom. The number of carbonyl (C=O) groups excluding carboxylic acids is 3. The predicted octanol–water partition coefficient (Wildman–Crippen LogP) is 4.03. The zero-order valence-corrected chi connectivity index (χ0v) is 22.1. The van der Waals surface area contributed by atoms with Gasteiger partial charge in [0.1, 0.15) is 6.04 Å². The van der Waals surface area contributed by atoms with E-state index < -0.39 is 6.04 Å². The molecule has 0 spiro atoms. The van der Waals surface area contributed by atoms with E-state index in [1.165, 1.54) is 0 Å². The van der Waals surface area contributed by atoms with Crippen molar-refractivity contribution < 1.29 is 14.4 Å². The molecule has 7 heteroatoms. The van der Waals surface area contributed by atoms with E-state index in [1.807, 2.05) is 56.0 Å². The molecule has 190 valence electrons. The lowest BCUT2D eigenvalue weighted by Gasteiger charge is -2.42. The van der Waals surface area contributed by atoms with Crippen LogP contribution in [0.1, 0.15) is 66.9 Å². The molecule has 1 saturated heterocycles. The number of piperazine rings is 1. The molecule has 3 atom stereocenters. The van der Waals surface area contributed by atoms with Gasteiger partial charge in [-0.15, -0.1) is 0 Å². The molecule has 0 aromatic heterocycles. The summed E-state index contributed by atoms with van der Waals surface area (Å²) in [5.41, 5.74) is 1.19. The Balaban J connectivity index is 1.90. The normalized spacial score (nSPS) is 18.4. The summed E-state index contributed by atoms with van der Waals surface area (Å²) in [5.74, 6) is 0.339. The smallest absolute Gasteiger partial charge is 0.315 e. The van der Waals surface area contributed by atoms with Crippen molar-refractivity contribution in [3.8, 4) is 0 Å². The maximum absolute atomic E-state index is 13.3. The zero-order chi connectivity index (χ0) is 25.5. The maximum Gasteiger partial charge on any atom is 0.315 e. The second kappa shape index (κ2) is 12.2. The van der Waals surface area contributed by atoms with E-state index in [9.17, 15) is 14.4 Å². The lowest BCUT2D eigenvalue weighted by molar-refractivity contribution is -0.144. The number of nitrogens with one attached hydrogen (secondary N) is 2. The number of nitrogens with zero attached hydrogens (tertiary/aromatic N) is 2. The SMILES string of the molecule is CC(CC(=O)N1CCN(C(=O)C(NC(=O)NCc2ccccc2)C(C)C)CC1C)CC(C)(C)C. The highest BCUT2D eigenvalue weighted by Gasteiger charge is 2.35. The standard InChI is InChI=1S/C27H44N4O3/c1-19(2)24(29-26(34)28-17-22-11-9-8-10-12-22)25(33)30-13-14-31(21(4)18-30)23(32)15-20(3)16-27(5,6)7/h8-12,19-21,24H,13-18H2,1-7H3,(H2,28,29,34). The summed E-state index contributed by atoms with van der Waals surface area (Å²) in [6.45, 7) is 16.5. The molecule has 1 aliphatic heterocycles. The van der Waals surface area contributed by atoms with Gasteiger partial charge in [0.2, 0.25) is 11.8 Å². The van der Waals surface area contributed by atoms with Crippen molar-refractivity contribution in [3.05, 3.63) is 35.9 Å². The Hall–Kier alpha value is -2.57. The lowest BCUT2D eigenvalue weighted by Crippen LogP contribution is -2.60.